The van der Waals surface area contributed by atoms with E-state index in [1.54, 1.807) is 0 Å². The Kier molecular flexibility index (Phi) is 6.18. The third kappa shape index (κ3) is 4.40. The summed E-state index contributed by atoms with van der Waals surface area (Å²) in [7, 11) is 0. The maximum absolute atomic E-state index is 13.2. The Morgan fingerprint density at radius 1 is 1.14 bits per heavy atom. The zero-order valence-electron chi connectivity index (χ0n) is 16.6. The van der Waals surface area contributed by atoms with Crippen LogP contribution in [0.1, 0.15) is 51.4 Å². The maximum Gasteiger partial charge on any atom is 0.251 e. The van der Waals surface area contributed by atoms with Crippen molar-refractivity contribution in [3.8, 4) is 0 Å². The number of amides is 1. The highest BCUT2D eigenvalue weighted by molar-refractivity contribution is 6.31. The van der Waals surface area contributed by atoms with Crippen molar-refractivity contribution in [1.82, 2.24) is 5.32 Å². The van der Waals surface area contributed by atoms with Gasteiger partial charge in [-0.2, -0.15) is 0 Å². The number of hydrogen-bond acceptors (Lipinski definition) is 3. The van der Waals surface area contributed by atoms with Crippen molar-refractivity contribution in [2.24, 2.45) is 5.92 Å². The average Bonchev–Trinajstić information content (AvgIpc) is 2.91. The van der Waals surface area contributed by atoms with Crippen molar-refractivity contribution in [1.29, 1.82) is 0 Å². The Balaban J connectivity index is 1.65. The van der Waals surface area contributed by atoms with Gasteiger partial charge in [0.05, 0.1) is 5.02 Å². The van der Waals surface area contributed by atoms with Crippen LogP contribution in [-0.4, -0.2) is 24.0 Å². The van der Waals surface area contributed by atoms with E-state index in [0.717, 1.165) is 28.3 Å². The van der Waals surface area contributed by atoms with E-state index in [1.807, 2.05) is 32.9 Å². The third-order valence-corrected chi connectivity index (χ3v) is 5.73. The second-order valence-corrected chi connectivity index (χ2v) is 8.10. The SMILES string of the molecule is Cc1cc(C)c(C2C(=O)CC(CCNC(=O)c3ccc(F)c(Cl)c3)C2=O)c(C)c1. The Labute approximate surface area is 174 Å². The highest BCUT2D eigenvalue weighted by atomic mass is 35.5. The fourth-order valence-electron chi connectivity index (χ4n) is 4.15. The molecule has 1 aliphatic carbocycles. The molecule has 6 heteroatoms. The first-order chi connectivity index (χ1) is 13.7. The van der Waals surface area contributed by atoms with Crippen LogP contribution in [0, 0.1) is 32.5 Å². The van der Waals surface area contributed by atoms with E-state index >= 15 is 0 Å². The van der Waals surface area contributed by atoms with E-state index in [0.29, 0.717) is 6.42 Å². The number of benzene rings is 2. The van der Waals surface area contributed by atoms with Gasteiger partial charge in [-0.05, 0) is 62.1 Å². The molecule has 2 atom stereocenters. The molecule has 1 N–H and O–H groups in total. The van der Waals surface area contributed by atoms with Crippen molar-refractivity contribution in [3.05, 3.63) is 69.0 Å². The van der Waals surface area contributed by atoms with Gasteiger partial charge in [0.25, 0.3) is 5.91 Å². The lowest BCUT2D eigenvalue weighted by Crippen LogP contribution is -2.27. The van der Waals surface area contributed by atoms with Gasteiger partial charge in [-0.25, -0.2) is 4.39 Å². The van der Waals surface area contributed by atoms with Crippen LogP contribution in [0.4, 0.5) is 4.39 Å². The van der Waals surface area contributed by atoms with Crippen molar-refractivity contribution >= 4 is 29.1 Å². The Bertz CT molecular complexity index is 979. The first kappa shape index (κ1) is 21.2. The molecule has 2 aromatic rings. The summed E-state index contributed by atoms with van der Waals surface area (Å²) < 4.78 is 13.2. The lowest BCUT2D eigenvalue weighted by Gasteiger charge is -2.16. The van der Waals surface area contributed by atoms with E-state index in [2.05, 4.69) is 5.32 Å². The lowest BCUT2D eigenvalue weighted by atomic mass is 9.86. The van der Waals surface area contributed by atoms with Crippen LogP contribution in [0.2, 0.25) is 5.02 Å². The van der Waals surface area contributed by atoms with E-state index in [4.69, 9.17) is 11.6 Å². The minimum atomic E-state index is -0.716. The van der Waals surface area contributed by atoms with Crippen LogP contribution >= 0.6 is 11.6 Å². The van der Waals surface area contributed by atoms with E-state index in [1.165, 1.54) is 12.1 Å². The summed E-state index contributed by atoms with van der Waals surface area (Å²) in [5.41, 5.74) is 4.07. The number of aryl methyl sites for hydroxylation is 3. The van der Waals surface area contributed by atoms with Crippen LogP contribution in [0.5, 0.6) is 0 Å². The normalized spacial score (nSPS) is 18.9. The largest absolute Gasteiger partial charge is 0.352 e. The molecule has 1 fully saturated rings. The molecule has 2 aromatic carbocycles. The maximum atomic E-state index is 13.2. The second-order valence-electron chi connectivity index (χ2n) is 7.69. The number of halogens is 2. The predicted octanol–water partition coefficient (Wildman–Crippen LogP) is 4.47. The Morgan fingerprint density at radius 3 is 2.41 bits per heavy atom. The fourth-order valence-corrected chi connectivity index (χ4v) is 4.33. The number of Topliss-reactive ketones (excluding diaryl/α,β-unsaturated/α-hetero) is 2. The Morgan fingerprint density at radius 2 is 1.79 bits per heavy atom. The first-order valence-corrected chi connectivity index (χ1v) is 9.94. The smallest absolute Gasteiger partial charge is 0.251 e. The molecule has 1 saturated carbocycles. The standard InChI is InChI=1S/C23H23ClFNO3/c1-12-8-13(2)20(14(3)9-12)21-19(27)11-15(22(21)28)6-7-26-23(29)16-4-5-18(25)17(24)10-16/h4-5,8-10,15,21H,6-7,11H2,1-3H3,(H,26,29). The molecule has 0 heterocycles. The van der Waals surface area contributed by atoms with Gasteiger partial charge in [0, 0.05) is 24.4 Å². The zero-order valence-corrected chi connectivity index (χ0v) is 17.4. The summed E-state index contributed by atoms with van der Waals surface area (Å²) in [5.74, 6) is -2.26. The van der Waals surface area contributed by atoms with Crippen LogP contribution in [0.25, 0.3) is 0 Å². The average molecular weight is 416 g/mol. The highest BCUT2D eigenvalue weighted by Gasteiger charge is 2.42. The predicted molar refractivity (Wildman–Crippen MR) is 110 cm³/mol. The summed E-state index contributed by atoms with van der Waals surface area (Å²) in [6.45, 7) is 6.09. The summed E-state index contributed by atoms with van der Waals surface area (Å²) >= 11 is 5.70. The molecule has 0 bridgehead atoms. The fraction of sp³-hybridized carbons (Fsp3) is 0.348. The minimum absolute atomic E-state index is 0.0632. The van der Waals surface area contributed by atoms with Crippen LogP contribution in [0.15, 0.2) is 30.3 Å². The van der Waals surface area contributed by atoms with Crippen LogP contribution in [-0.2, 0) is 9.59 Å². The van der Waals surface area contributed by atoms with Gasteiger partial charge in [0.1, 0.15) is 17.5 Å². The summed E-state index contributed by atoms with van der Waals surface area (Å²) in [5, 5.41) is 2.59. The van der Waals surface area contributed by atoms with Crippen molar-refractivity contribution < 1.29 is 18.8 Å². The number of rotatable bonds is 5. The molecule has 0 radical (unpaired) electrons. The summed E-state index contributed by atoms with van der Waals surface area (Å²) in [6, 6.07) is 7.72. The van der Waals surface area contributed by atoms with E-state index < -0.39 is 23.6 Å². The quantitative estimate of drug-likeness (QED) is 0.733. The molecule has 1 amide bonds. The van der Waals surface area contributed by atoms with Crippen LogP contribution in [0.3, 0.4) is 0 Å². The topological polar surface area (TPSA) is 63.2 Å². The minimum Gasteiger partial charge on any atom is -0.352 e. The zero-order chi connectivity index (χ0) is 21.3. The third-order valence-electron chi connectivity index (χ3n) is 5.44. The second kappa shape index (κ2) is 8.46. The number of ketones is 2. The summed E-state index contributed by atoms with van der Waals surface area (Å²) in [4.78, 5) is 37.7. The molecule has 0 spiro atoms. The number of nitrogens with one attached hydrogen (secondary N) is 1. The van der Waals surface area contributed by atoms with Gasteiger partial charge in [0.15, 0.2) is 5.78 Å². The van der Waals surface area contributed by atoms with Gasteiger partial charge in [0.2, 0.25) is 0 Å². The molecular weight excluding hydrogens is 393 g/mol. The Hall–Kier alpha value is -2.53. The van der Waals surface area contributed by atoms with Crippen molar-refractivity contribution in [3.63, 3.8) is 0 Å². The van der Waals surface area contributed by atoms with Crippen LogP contribution < -0.4 is 5.32 Å². The molecule has 0 aliphatic heterocycles. The molecular formula is C23H23ClFNO3. The van der Waals surface area contributed by atoms with Gasteiger partial charge in [-0.15, -0.1) is 0 Å². The molecule has 3 rings (SSSR count). The van der Waals surface area contributed by atoms with Crippen molar-refractivity contribution in [2.45, 2.75) is 39.5 Å². The lowest BCUT2D eigenvalue weighted by molar-refractivity contribution is -0.124. The van der Waals surface area contributed by atoms with Gasteiger partial charge in [-0.3, -0.25) is 14.4 Å². The molecule has 0 saturated heterocycles. The van der Waals surface area contributed by atoms with Gasteiger partial charge in [-0.1, -0.05) is 29.3 Å². The number of carbonyl (C=O) groups excluding carboxylic acids is 3. The molecule has 0 aromatic heterocycles. The molecule has 29 heavy (non-hydrogen) atoms. The van der Waals surface area contributed by atoms with E-state index in [9.17, 15) is 18.8 Å². The van der Waals surface area contributed by atoms with Crippen molar-refractivity contribution in [2.75, 3.05) is 6.54 Å². The number of carbonyl (C=O) groups is 3. The van der Waals surface area contributed by atoms with Gasteiger partial charge < -0.3 is 5.32 Å². The first-order valence-electron chi connectivity index (χ1n) is 9.56. The molecule has 2 unspecified atom stereocenters. The molecule has 4 nitrogen and oxygen atoms in total. The summed E-state index contributed by atoms with van der Waals surface area (Å²) in [6.07, 6.45) is 0.570. The van der Waals surface area contributed by atoms with Gasteiger partial charge >= 0.3 is 0 Å². The molecule has 1 aliphatic rings. The monoisotopic (exact) mass is 415 g/mol. The van der Waals surface area contributed by atoms with E-state index in [-0.39, 0.29) is 35.1 Å². The highest BCUT2D eigenvalue weighted by Crippen LogP contribution is 2.37. The number of hydrogen-bond donors (Lipinski definition) is 1. The molecule has 152 valence electrons.